The molecule has 1 aromatic rings. The highest BCUT2D eigenvalue weighted by molar-refractivity contribution is 6.11. The van der Waals surface area contributed by atoms with Crippen LogP contribution in [0.4, 0.5) is 0 Å². The Morgan fingerprint density at radius 2 is 1.33 bits per heavy atom. The van der Waals surface area contributed by atoms with Crippen molar-refractivity contribution in [2.24, 2.45) is 10.2 Å². The highest BCUT2D eigenvalue weighted by Crippen LogP contribution is 2.28. The molecule has 74 valence electrons. The van der Waals surface area contributed by atoms with Gasteiger partial charge in [-0.15, -0.1) is 10.2 Å². The summed E-state index contributed by atoms with van der Waals surface area (Å²) in [7, 11) is 0. The molecule has 0 unspecified atom stereocenters. The van der Waals surface area contributed by atoms with E-state index in [0.717, 1.165) is 19.3 Å². The molecule has 15 heavy (non-hydrogen) atoms. The standard InChI is InChI=1S/C11H8N2O2/c14-10-8-4-6-2-1-3-7(6)5-9(8)11(15)13-12-10/h4-5H,1-3H2. The van der Waals surface area contributed by atoms with Crippen LogP contribution in [0.3, 0.4) is 0 Å². The van der Waals surface area contributed by atoms with Gasteiger partial charge in [-0.25, -0.2) is 0 Å². The summed E-state index contributed by atoms with van der Waals surface area (Å²) >= 11 is 0. The van der Waals surface area contributed by atoms with E-state index in [1.165, 1.54) is 11.1 Å². The maximum atomic E-state index is 11.4. The summed E-state index contributed by atoms with van der Waals surface area (Å²) in [6, 6.07) is 3.60. The van der Waals surface area contributed by atoms with Crippen LogP contribution >= 0.6 is 0 Å². The monoisotopic (exact) mass is 200 g/mol. The number of nitrogens with zero attached hydrogens (tertiary/aromatic N) is 2. The Balaban J connectivity index is 2.26. The van der Waals surface area contributed by atoms with Crippen LogP contribution in [0.5, 0.6) is 0 Å². The molecule has 2 amide bonds. The van der Waals surface area contributed by atoms with E-state index in [4.69, 9.17) is 0 Å². The molecule has 1 aliphatic heterocycles. The van der Waals surface area contributed by atoms with Gasteiger partial charge in [-0.05, 0) is 42.5 Å². The van der Waals surface area contributed by atoms with Crippen LogP contribution < -0.4 is 0 Å². The van der Waals surface area contributed by atoms with Crippen LogP contribution in [-0.2, 0) is 12.8 Å². The molecule has 0 radical (unpaired) electrons. The van der Waals surface area contributed by atoms with E-state index in [9.17, 15) is 9.59 Å². The van der Waals surface area contributed by atoms with Crippen LogP contribution in [0.1, 0.15) is 38.3 Å². The summed E-state index contributed by atoms with van der Waals surface area (Å²) in [5, 5.41) is 6.63. The van der Waals surface area contributed by atoms with Crippen molar-refractivity contribution in [3.63, 3.8) is 0 Å². The van der Waals surface area contributed by atoms with Crippen LogP contribution in [0.2, 0.25) is 0 Å². The minimum absolute atomic E-state index is 0.403. The van der Waals surface area contributed by atoms with Gasteiger partial charge < -0.3 is 0 Å². The molecule has 1 aliphatic carbocycles. The number of aryl methyl sites for hydroxylation is 2. The SMILES string of the molecule is O=C1N=NC(=O)c2cc3c(cc21)CCC3. The first kappa shape index (κ1) is 8.47. The van der Waals surface area contributed by atoms with Gasteiger partial charge in [0.2, 0.25) is 0 Å². The normalized spacial score (nSPS) is 17.9. The summed E-state index contributed by atoms with van der Waals surface area (Å²) in [4.78, 5) is 22.8. The number of fused-ring (bicyclic) bond motifs is 2. The second kappa shape index (κ2) is 2.82. The zero-order valence-electron chi connectivity index (χ0n) is 7.99. The van der Waals surface area contributed by atoms with Crippen molar-refractivity contribution in [1.82, 2.24) is 0 Å². The highest BCUT2D eigenvalue weighted by atomic mass is 16.2. The first-order valence-electron chi connectivity index (χ1n) is 4.92. The van der Waals surface area contributed by atoms with Gasteiger partial charge >= 0.3 is 0 Å². The molecular formula is C11H8N2O2. The number of azo groups is 1. The van der Waals surface area contributed by atoms with E-state index < -0.39 is 11.8 Å². The molecule has 4 nitrogen and oxygen atoms in total. The number of carbonyl (C=O) groups excluding carboxylic acids is 2. The number of hydrogen-bond donors (Lipinski definition) is 0. The van der Waals surface area contributed by atoms with Crippen LogP contribution in [0.25, 0.3) is 0 Å². The van der Waals surface area contributed by atoms with Crippen molar-refractivity contribution in [1.29, 1.82) is 0 Å². The molecule has 0 saturated carbocycles. The van der Waals surface area contributed by atoms with Gasteiger partial charge in [0.15, 0.2) is 0 Å². The molecule has 3 rings (SSSR count). The van der Waals surface area contributed by atoms with Crippen molar-refractivity contribution in [3.8, 4) is 0 Å². The van der Waals surface area contributed by atoms with E-state index in [-0.39, 0.29) is 0 Å². The van der Waals surface area contributed by atoms with Crippen LogP contribution in [0, 0.1) is 0 Å². The second-order valence-corrected chi connectivity index (χ2v) is 3.83. The minimum Gasteiger partial charge on any atom is -0.265 e. The Bertz CT molecular complexity index is 473. The van der Waals surface area contributed by atoms with E-state index >= 15 is 0 Å². The largest absolute Gasteiger partial charge is 0.296 e. The van der Waals surface area contributed by atoms with Gasteiger partial charge in [0.1, 0.15) is 0 Å². The Labute approximate surface area is 86.0 Å². The number of carbonyl (C=O) groups is 2. The van der Waals surface area contributed by atoms with Gasteiger partial charge in [0.25, 0.3) is 11.8 Å². The average molecular weight is 200 g/mol. The van der Waals surface area contributed by atoms with E-state index in [1.54, 1.807) is 12.1 Å². The Kier molecular flexibility index (Phi) is 1.59. The minimum atomic E-state index is -0.403. The maximum Gasteiger partial charge on any atom is 0.296 e. The molecule has 0 fully saturated rings. The van der Waals surface area contributed by atoms with Crippen LogP contribution in [-0.4, -0.2) is 11.8 Å². The zero-order chi connectivity index (χ0) is 10.4. The van der Waals surface area contributed by atoms with Crippen molar-refractivity contribution < 1.29 is 9.59 Å². The summed E-state index contributed by atoms with van der Waals surface area (Å²) in [5.74, 6) is -0.807. The molecule has 1 aromatic carbocycles. The molecule has 4 heteroatoms. The second-order valence-electron chi connectivity index (χ2n) is 3.83. The van der Waals surface area contributed by atoms with Crippen molar-refractivity contribution in [2.45, 2.75) is 19.3 Å². The average Bonchev–Trinajstić information content (AvgIpc) is 2.69. The predicted octanol–water partition coefficient (Wildman–Crippen LogP) is 1.92. The lowest BCUT2D eigenvalue weighted by Crippen LogP contribution is -2.12. The molecule has 1 heterocycles. The molecule has 0 bridgehead atoms. The molecule has 0 N–H and O–H groups in total. The van der Waals surface area contributed by atoms with E-state index in [0.29, 0.717) is 11.1 Å². The van der Waals surface area contributed by atoms with Crippen LogP contribution in [0.15, 0.2) is 22.4 Å². The van der Waals surface area contributed by atoms with E-state index in [1.807, 2.05) is 0 Å². The maximum absolute atomic E-state index is 11.4. The Hall–Kier alpha value is -1.84. The summed E-state index contributed by atoms with van der Waals surface area (Å²) in [5.41, 5.74) is 3.17. The fraction of sp³-hybridized carbons (Fsp3) is 0.273. The third-order valence-electron chi connectivity index (χ3n) is 2.92. The molecular weight excluding hydrogens is 192 g/mol. The Morgan fingerprint density at radius 3 is 1.80 bits per heavy atom. The third kappa shape index (κ3) is 1.14. The molecule has 0 aromatic heterocycles. The number of hydrogen-bond acceptors (Lipinski definition) is 2. The van der Waals surface area contributed by atoms with Gasteiger partial charge in [0, 0.05) is 0 Å². The van der Waals surface area contributed by atoms with Gasteiger partial charge in [-0.3, -0.25) is 9.59 Å². The van der Waals surface area contributed by atoms with Crippen molar-refractivity contribution >= 4 is 11.8 Å². The summed E-state index contributed by atoms with van der Waals surface area (Å²) in [6.07, 6.45) is 3.07. The molecule has 2 aliphatic rings. The summed E-state index contributed by atoms with van der Waals surface area (Å²) in [6.45, 7) is 0. The van der Waals surface area contributed by atoms with Gasteiger partial charge in [-0.2, -0.15) is 0 Å². The lowest BCUT2D eigenvalue weighted by Gasteiger charge is -2.09. The lowest BCUT2D eigenvalue weighted by molar-refractivity contribution is 0.0920. The molecule has 0 spiro atoms. The topological polar surface area (TPSA) is 58.9 Å². The number of rotatable bonds is 0. The highest BCUT2D eigenvalue weighted by Gasteiger charge is 2.25. The third-order valence-corrected chi connectivity index (χ3v) is 2.92. The molecule has 0 saturated heterocycles. The predicted molar refractivity (Wildman–Crippen MR) is 52.0 cm³/mol. The fourth-order valence-electron chi connectivity index (χ4n) is 2.18. The smallest absolute Gasteiger partial charge is 0.265 e. The lowest BCUT2D eigenvalue weighted by atomic mass is 9.98. The molecule has 0 atom stereocenters. The fourth-order valence-corrected chi connectivity index (χ4v) is 2.18. The zero-order valence-corrected chi connectivity index (χ0v) is 7.99. The van der Waals surface area contributed by atoms with Crippen molar-refractivity contribution in [2.75, 3.05) is 0 Å². The first-order chi connectivity index (χ1) is 7.25. The van der Waals surface area contributed by atoms with Gasteiger partial charge in [-0.1, -0.05) is 0 Å². The number of benzene rings is 1. The first-order valence-corrected chi connectivity index (χ1v) is 4.92. The number of amides is 2. The van der Waals surface area contributed by atoms with E-state index in [2.05, 4.69) is 10.2 Å². The summed E-state index contributed by atoms with van der Waals surface area (Å²) < 4.78 is 0. The van der Waals surface area contributed by atoms with Gasteiger partial charge in [0.05, 0.1) is 11.1 Å². The Morgan fingerprint density at radius 1 is 0.867 bits per heavy atom. The van der Waals surface area contributed by atoms with Crippen molar-refractivity contribution in [3.05, 3.63) is 34.4 Å². The quantitative estimate of drug-likeness (QED) is 0.642.